The lowest BCUT2D eigenvalue weighted by atomic mass is 9.79. The van der Waals surface area contributed by atoms with Crippen LogP contribution in [0, 0.1) is 18.2 Å². The average molecular weight is 377 g/mol. The van der Waals surface area contributed by atoms with E-state index < -0.39 is 5.41 Å². The molecule has 1 saturated heterocycles. The second kappa shape index (κ2) is 8.24. The molecule has 1 aliphatic rings. The van der Waals surface area contributed by atoms with Crippen molar-refractivity contribution >= 4 is 22.4 Å². The summed E-state index contributed by atoms with van der Waals surface area (Å²) < 4.78 is 19.2. The van der Waals surface area contributed by atoms with Gasteiger partial charge in [-0.25, -0.2) is 9.37 Å². The van der Waals surface area contributed by atoms with Gasteiger partial charge in [0.1, 0.15) is 5.82 Å². The van der Waals surface area contributed by atoms with Gasteiger partial charge >= 0.3 is 0 Å². The summed E-state index contributed by atoms with van der Waals surface area (Å²) in [6, 6.07) is 6.73. The van der Waals surface area contributed by atoms with E-state index in [1.165, 1.54) is 17.4 Å². The number of nitrogens with zero attached hydrogens (tertiary/aromatic N) is 1. The quantitative estimate of drug-likeness (QED) is 0.812. The van der Waals surface area contributed by atoms with Crippen molar-refractivity contribution in [2.24, 2.45) is 5.41 Å². The number of aromatic nitrogens is 1. The fourth-order valence-electron chi connectivity index (χ4n) is 3.31. The number of rotatable bonds is 6. The average Bonchev–Trinajstić information content (AvgIpc) is 2.97. The van der Waals surface area contributed by atoms with Crippen LogP contribution in [-0.4, -0.2) is 37.7 Å². The van der Waals surface area contributed by atoms with Gasteiger partial charge in [0.2, 0.25) is 5.91 Å². The summed E-state index contributed by atoms with van der Waals surface area (Å²) in [6.07, 6.45) is 1.94. The molecule has 0 bridgehead atoms. The van der Waals surface area contributed by atoms with Crippen molar-refractivity contribution in [2.75, 3.05) is 32.1 Å². The van der Waals surface area contributed by atoms with Crippen LogP contribution in [-0.2, 0) is 16.0 Å². The summed E-state index contributed by atoms with van der Waals surface area (Å²) in [5.41, 5.74) is 0.927. The highest BCUT2D eigenvalue weighted by Gasteiger charge is 2.40. The number of carbonyl (C=O) groups is 1. The van der Waals surface area contributed by atoms with E-state index in [2.05, 4.69) is 15.6 Å². The number of nitrogens with one attached hydrogen (secondary N) is 2. The highest BCUT2D eigenvalue weighted by molar-refractivity contribution is 7.15. The highest BCUT2D eigenvalue weighted by Crippen LogP contribution is 2.32. The number of carbonyl (C=O) groups excluding carboxylic acids is 1. The normalized spacial score (nSPS) is 16.4. The van der Waals surface area contributed by atoms with Gasteiger partial charge in [-0.1, -0.05) is 18.2 Å². The number of anilines is 1. The van der Waals surface area contributed by atoms with E-state index in [4.69, 9.17) is 4.74 Å². The molecule has 0 spiro atoms. The zero-order valence-corrected chi connectivity index (χ0v) is 15.9. The molecule has 2 aromatic rings. The lowest BCUT2D eigenvalue weighted by Gasteiger charge is -2.35. The van der Waals surface area contributed by atoms with Crippen LogP contribution in [0.1, 0.15) is 29.0 Å². The van der Waals surface area contributed by atoms with Gasteiger partial charge in [-0.3, -0.25) is 4.79 Å². The summed E-state index contributed by atoms with van der Waals surface area (Å²) >= 11 is 1.41. The minimum Gasteiger partial charge on any atom is -0.384 e. The number of amides is 1. The fraction of sp³-hybridized carbons (Fsp3) is 0.474. The minimum atomic E-state index is -0.523. The first-order valence-electron chi connectivity index (χ1n) is 8.75. The number of piperidine rings is 1. The zero-order chi connectivity index (χ0) is 18.6. The standard InChI is InChI=1S/C19H24FN3O2S/c1-13-16(11-14-5-3-4-6-15(14)20)26-18(22-13)23-17(24)19(12-25-2)7-9-21-10-8-19/h3-6,21H,7-12H2,1-2H3,(H,22,23,24). The number of halogens is 1. The molecule has 5 nitrogen and oxygen atoms in total. The molecule has 2 heterocycles. The van der Waals surface area contributed by atoms with Crippen LogP contribution in [0.15, 0.2) is 24.3 Å². The monoisotopic (exact) mass is 377 g/mol. The fourth-order valence-corrected chi connectivity index (χ4v) is 4.29. The summed E-state index contributed by atoms with van der Waals surface area (Å²) in [4.78, 5) is 18.3. The van der Waals surface area contributed by atoms with Gasteiger partial charge in [0, 0.05) is 18.4 Å². The van der Waals surface area contributed by atoms with Crippen molar-refractivity contribution in [1.29, 1.82) is 0 Å². The van der Waals surface area contributed by atoms with Crippen LogP contribution in [0.5, 0.6) is 0 Å². The van der Waals surface area contributed by atoms with Gasteiger partial charge in [0.05, 0.1) is 17.7 Å². The highest BCUT2D eigenvalue weighted by atomic mass is 32.1. The van der Waals surface area contributed by atoms with Gasteiger partial charge in [0.25, 0.3) is 0 Å². The maximum absolute atomic E-state index is 13.9. The summed E-state index contributed by atoms with van der Waals surface area (Å²) in [6.45, 7) is 3.88. The third-order valence-corrected chi connectivity index (χ3v) is 5.96. The Morgan fingerprint density at radius 1 is 1.38 bits per heavy atom. The Bertz CT molecular complexity index is 766. The van der Waals surface area contributed by atoms with Gasteiger partial charge in [-0.05, 0) is 44.5 Å². The van der Waals surface area contributed by atoms with Gasteiger partial charge in [-0.15, -0.1) is 11.3 Å². The maximum Gasteiger partial charge on any atom is 0.234 e. The van der Waals surface area contributed by atoms with Gasteiger partial charge in [0.15, 0.2) is 5.13 Å². The lowest BCUT2D eigenvalue weighted by Crippen LogP contribution is -2.47. The Hall–Kier alpha value is -1.83. The number of methoxy groups -OCH3 is 1. The SMILES string of the molecule is COCC1(C(=O)Nc2nc(C)c(Cc3ccccc3F)s2)CCNCC1. The first-order valence-corrected chi connectivity index (χ1v) is 9.56. The van der Waals surface area contributed by atoms with Crippen molar-refractivity contribution in [3.8, 4) is 0 Å². The van der Waals surface area contributed by atoms with E-state index >= 15 is 0 Å². The number of aryl methyl sites for hydroxylation is 1. The third-order valence-electron chi connectivity index (χ3n) is 4.88. The molecule has 1 aromatic heterocycles. The molecule has 0 saturated carbocycles. The second-order valence-electron chi connectivity index (χ2n) is 6.71. The molecule has 3 rings (SSSR count). The Morgan fingerprint density at radius 2 is 2.12 bits per heavy atom. The molecule has 1 aromatic carbocycles. The van der Waals surface area contributed by atoms with Crippen LogP contribution < -0.4 is 10.6 Å². The largest absolute Gasteiger partial charge is 0.384 e. The first kappa shape index (κ1) is 18.9. The van der Waals surface area contributed by atoms with Gasteiger partial charge in [-0.2, -0.15) is 0 Å². The molecule has 140 valence electrons. The van der Waals surface area contributed by atoms with E-state index in [1.54, 1.807) is 19.2 Å². The Labute approximate surface area is 157 Å². The predicted molar refractivity (Wildman–Crippen MR) is 101 cm³/mol. The smallest absolute Gasteiger partial charge is 0.234 e. The topological polar surface area (TPSA) is 63.2 Å². The molecular formula is C19H24FN3O2S. The minimum absolute atomic E-state index is 0.0490. The Morgan fingerprint density at radius 3 is 2.81 bits per heavy atom. The first-order chi connectivity index (χ1) is 12.5. The third kappa shape index (κ3) is 4.11. The molecule has 0 atom stereocenters. The van der Waals surface area contributed by atoms with E-state index in [1.807, 2.05) is 13.0 Å². The van der Waals surface area contributed by atoms with E-state index in [0.717, 1.165) is 36.5 Å². The van der Waals surface area contributed by atoms with Crippen molar-refractivity contribution in [3.63, 3.8) is 0 Å². The van der Waals surface area contributed by atoms with Crippen LogP contribution in [0.4, 0.5) is 9.52 Å². The molecule has 0 unspecified atom stereocenters. The van der Waals surface area contributed by atoms with E-state index in [0.29, 0.717) is 23.7 Å². The molecule has 1 amide bonds. The molecule has 0 radical (unpaired) electrons. The van der Waals surface area contributed by atoms with Crippen molar-refractivity contribution in [2.45, 2.75) is 26.2 Å². The van der Waals surface area contributed by atoms with Gasteiger partial charge < -0.3 is 15.4 Å². The molecule has 2 N–H and O–H groups in total. The van der Waals surface area contributed by atoms with Crippen LogP contribution >= 0.6 is 11.3 Å². The molecule has 1 aliphatic heterocycles. The number of benzene rings is 1. The van der Waals surface area contributed by atoms with Crippen molar-refractivity contribution in [3.05, 3.63) is 46.2 Å². The number of hydrogen-bond donors (Lipinski definition) is 2. The van der Waals surface area contributed by atoms with Crippen LogP contribution in [0.25, 0.3) is 0 Å². The Balaban J connectivity index is 1.74. The maximum atomic E-state index is 13.9. The molecule has 1 fully saturated rings. The summed E-state index contributed by atoms with van der Waals surface area (Å²) in [7, 11) is 1.62. The van der Waals surface area contributed by atoms with E-state index in [-0.39, 0.29) is 11.7 Å². The second-order valence-corrected chi connectivity index (χ2v) is 7.80. The number of thiazole rings is 1. The van der Waals surface area contributed by atoms with Crippen molar-refractivity contribution in [1.82, 2.24) is 10.3 Å². The summed E-state index contributed by atoms with van der Waals surface area (Å²) in [5.74, 6) is -0.272. The lowest BCUT2D eigenvalue weighted by molar-refractivity contribution is -0.130. The summed E-state index contributed by atoms with van der Waals surface area (Å²) in [5, 5.41) is 6.81. The van der Waals surface area contributed by atoms with Crippen LogP contribution in [0.2, 0.25) is 0 Å². The van der Waals surface area contributed by atoms with Crippen LogP contribution in [0.3, 0.4) is 0 Å². The molecule has 26 heavy (non-hydrogen) atoms. The molecule has 0 aliphatic carbocycles. The Kier molecular flexibility index (Phi) is 6.01. The van der Waals surface area contributed by atoms with Crippen molar-refractivity contribution < 1.29 is 13.9 Å². The zero-order valence-electron chi connectivity index (χ0n) is 15.1. The molecule has 7 heteroatoms. The van der Waals surface area contributed by atoms with E-state index in [9.17, 15) is 9.18 Å². The number of hydrogen-bond acceptors (Lipinski definition) is 5. The molecular weight excluding hydrogens is 353 g/mol. The predicted octanol–water partition coefficient (Wildman–Crippen LogP) is 3.14. The number of ether oxygens (including phenoxy) is 1.